The number of benzene rings is 2. The van der Waals surface area contributed by atoms with Crippen molar-refractivity contribution in [3.05, 3.63) is 70.8 Å². The number of amides is 2. The second-order valence-electron chi connectivity index (χ2n) is 7.95. The number of nitrogens with zero attached hydrogens (tertiary/aromatic N) is 2. The molecule has 0 saturated carbocycles. The average molecular weight is 449 g/mol. The van der Waals surface area contributed by atoms with Crippen molar-refractivity contribution in [2.45, 2.75) is 39.7 Å². The molecule has 0 aliphatic carbocycles. The van der Waals surface area contributed by atoms with E-state index in [9.17, 15) is 9.59 Å². The molecule has 2 aromatic carbocycles. The van der Waals surface area contributed by atoms with Crippen LogP contribution in [-0.4, -0.2) is 33.8 Å². The smallest absolute Gasteiger partial charge is 0.293 e. The van der Waals surface area contributed by atoms with E-state index < -0.39 is 0 Å². The number of carbonyl (C=O) groups is 2. The van der Waals surface area contributed by atoms with E-state index in [0.29, 0.717) is 18.1 Å². The number of hydrogen-bond acceptors (Lipinski definition) is 4. The van der Waals surface area contributed by atoms with Gasteiger partial charge in [-0.15, -0.1) is 0 Å². The molecule has 5 nitrogen and oxygen atoms in total. The second-order valence-corrected chi connectivity index (χ2v) is 8.94. The molecule has 0 bridgehead atoms. The highest BCUT2D eigenvalue weighted by molar-refractivity contribution is 8.18. The molecule has 0 spiro atoms. The van der Waals surface area contributed by atoms with Crippen LogP contribution >= 0.6 is 11.8 Å². The summed E-state index contributed by atoms with van der Waals surface area (Å²) < 4.78 is 8.14. The third-order valence-electron chi connectivity index (χ3n) is 5.61. The minimum absolute atomic E-state index is 0.174. The van der Waals surface area contributed by atoms with Gasteiger partial charge in [-0.2, -0.15) is 0 Å². The molecular weight excluding hydrogens is 420 g/mol. The van der Waals surface area contributed by atoms with Gasteiger partial charge in [0.05, 0.1) is 11.5 Å². The molecule has 2 amide bonds. The summed E-state index contributed by atoms with van der Waals surface area (Å²) in [5, 5.41) is 0.902. The molecule has 6 heteroatoms. The standard InChI is InChI=1S/C26H28N2O3S/c1-3-4-15-28-25(29)24(32-26(28)30)17-20-18-27(22-12-7-6-11-21(20)22)14-9-16-31-23-13-8-5-10-19(23)2/h5-8,10-13,17-18H,3-4,9,14-16H2,1-2H3/b24-17-. The number of thioether (sulfide) groups is 1. The number of hydrogen-bond donors (Lipinski definition) is 0. The molecule has 0 unspecified atom stereocenters. The Bertz CT molecular complexity index is 1160. The van der Waals surface area contributed by atoms with E-state index in [1.165, 1.54) is 4.90 Å². The highest BCUT2D eigenvalue weighted by Crippen LogP contribution is 2.34. The third-order valence-corrected chi connectivity index (χ3v) is 6.52. The van der Waals surface area contributed by atoms with Crippen molar-refractivity contribution in [3.8, 4) is 5.75 Å². The molecule has 2 heterocycles. The van der Waals surface area contributed by atoms with Gasteiger partial charge in [0, 0.05) is 35.8 Å². The van der Waals surface area contributed by atoms with E-state index in [1.54, 1.807) is 0 Å². The van der Waals surface area contributed by atoms with Crippen molar-refractivity contribution >= 4 is 39.9 Å². The third kappa shape index (κ3) is 4.75. The van der Waals surface area contributed by atoms with Crippen molar-refractivity contribution in [1.29, 1.82) is 0 Å². The molecule has 1 aliphatic heterocycles. The van der Waals surface area contributed by atoms with E-state index in [0.717, 1.165) is 65.3 Å². The minimum atomic E-state index is -0.183. The molecule has 3 aromatic rings. The van der Waals surface area contributed by atoms with Crippen molar-refractivity contribution < 1.29 is 14.3 Å². The summed E-state index contributed by atoms with van der Waals surface area (Å²) in [6.07, 6.45) is 6.56. The highest BCUT2D eigenvalue weighted by atomic mass is 32.2. The summed E-state index contributed by atoms with van der Waals surface area (Å²) in [5.74, 6) is 0.737. The predicted octanol–water partition coefficient (Wildman–Crippen LogP) is 6.26. The maximum atomic E-state index is 12.7. The first-order chi connectivity index (χ1) is 15.6. The fourth-order valence-corrected chi connectivity index (χ4v) is 4.72. The van der Waals surface area contributed by atoms with E-state index in [2.05, 4.69) is 29.8 Å². The summed E-state index contributed by atoms with van der Waals surface area (Å²) >= 11 is 1.03. The van der Waals surface area contributed by atoms with Crippen LogP contribution in [0.25, 0.3) is 17.0 Å². The Kier molecular flexibility index (Phi) is 7.00. The van der Waals surface area contributed by atoms with Gasteiger partial charge in [-0.3, -0.25) is 14.5 Å². The maximum Gasteiger partial charge on any atom is 0.293 e. The van der Waals surface area contributed by atoms with Crippen LogP contribution in [0.1, 0.15) is 37.3 Å². The van der Waals surface area contributed by atoms with E-state index in [-0.39, 0.29) is 11.1 Å². The molecule has 0 N–H and O–H groups in total. The normalized spacial score (nSPS) is 15.3. The van der Waals surface area contributed by atoms with Crippen molar-refractivity contribution in [2.24, 2.45) is 0 Å². The number of unbranched alkanes of at least 4 members (excludes halogenated alkanes) is 1. The topological polar surface area (TPSA) is 51.5 Å². The van der Waals surface area contributed by atoms with Gasteiger partial charge in [0.1, 0.15) is 5.75 Å². The van der Waals surface area contributed by atoms with Gasteiger partial charge in [-0.1, -0.05) is 49.7 Å². The lowest BCUT2D eigenvalue weighted by Crippen LogP contribution is -2.29. The van der Waals surface area contributed by atoms with Gasteiger partial charge in [-0.25, -0.2) is 0 Å². The largest absolute Gasteiger partial charge is 0.493 e. The lowest BCUT2D eigenvalue weighted by atomic mass is 10.1. The first-order valence-corrected chi connectivity index (χ1v) is 11.9. The molecule has 32 heavy (non-hydrogen) atoms. The SMILES string of the molecule is CCCCN1C(=O)S/C(=C\c2cn(CCCOc3ccccc3C)c3ccccc23)C1=O. The summed E-state index contributed by atoms with van der Waals surface area (Å²) in [6, 6.07) is 16.2. The van der Waals surface area contributed by atoms with Crippen LogP contribution in [-0.2, 0) is 11.3 Å². The summed E-state index contributed by atoms with van der Waals surface area (Å²) in [7, 11) is 0. The first-order valence-electron chi connectivity index (χ1n) is 11.1. The zero-order valence-corrected chi connectivity index (χ0v) is 19.4. The highest BCUT2D eigenvalue weighted by Gasteiger charge is 2.34. The van der Waals surface area contributed by atoms with Crippen LogP contribution in [0.4, 0.5) is 4.79 Å². The Hall–Kier alpha value is -2.99. The Morgan fingerprint density at radius 1 is 1.00 bits per heavy atom. The first kappa shape index (κ1) is 22.2. The van der Waals surface area contributed by atoms with Crippen LogP contribution in [0.3, 0.4) is 0 Å². The summed E-state index contributed by atoms with van der Waals surface area (Å²) in [4.78, 5) is 26.9. The number of carbonyl (C=O) groups excluding carboxylic acids is 2. The van der Waals surface area contributed by atoms with Crippen LogP contribution in [0, 0.1) is 6.92 Å². The predicted molar refractivity (Wildman–Crippen MR) is 131 cm³/mol. The van der Waals surface area contributed by atoms with Crippen LogP contribution in [0.2, 0.25) is 0 Å². The van der Waals surface area contributed by atoms with E-state index in [4.69, 9.17) is 4.74 Å². The average Bonchev–Trinajstić information content (AvgIpc) is 3.28. The molecule has 1 aromatic heterocycles. The number of rotatable bonds is 9. The number of fused-ring (bicyclic) bond motifs is 1. The summed E-state index contributed by atoms with van der Waals surface area (Å²) in [6.45, 7) is 6.02. The van der Waals surface area contributed by atoms with Gasteiger partial charge < -0.3 is 9.30 Å². The second kappa shape index (κ2) is 10.1. The Morgan fingerprint density at radius 3 is 2.59 bits per heavy atom. The zero-order valence-electron chi connectivity index (χ0n) is 18.5. The van der Waals surface area contributed by atoms with Gasteiger partial charge in [0.25, 0.3) is 11.1 Å². The van der Waals surface area contributed by atoms with E-state index in [1.807, 2.05) is 49.4 Å². The lowest BCUT2D eigenvalue weighted by molar-refractivity contribution is -0.122. The van der Waals surface area contributed by atoms with E-state index >= 15 is 0 Å². The van der Waals surface area contributed by atoms with Gasteiger partial charge in [0.15, 0.2) is 0 Å². The molecule has 1 saturated heterocycles. The molecule has 4 rings (SSSR count). The molecule has 0 radical (unpaired) electrons. The molecule has 166 valence electrons. The minimum Gasteiger partial charge on any atom is -0.493 e. The van der Waals surface area contributed by atoms with Gasteiger partial charge in [-0.05, 0) is 55.3 Å². The number of ether oxygens (including phenoxy) is 1. The van der Waals surface area contributed by atoms with Crippen LogP contribution in [0.5, 0.6) is 5.75 Å². The monoisotopic (exact) mass is 448 g/mol. The quantitative estimate of drug-likeness (QED) is 0.287. The lowest BCUT2D eigenvalue weighted by Gasteiger charge is -2.10. The van der Waals surface area contributed by atoms with Gasteiger partial charge >= 0.3 is 0 Å². The summed E-state index contributed by atoms with van der Waals surface area (Å²) in [5.41, 5.74) is 3.20. The number of aryl methyl sites for hydroxylation is 2. The Labute approximate surface area is 193 Å². The number of imide groups is 1. The molecule has 0 atom stereocenters. The van der Waals surface area contributed by atoms with Crippen LogP contribution in [0.15, 0.2) is 59.6 Å². The van der Waals surface area contributed by atoms with Crippen molar-refractivity contribution in [3.63, 3.8) is 0 Å². The fraction of sp³-hybridized carbons (Fsp3) is 0.308. The molecule has 1 fully saturated rings. The Morgan fingerprint density at radius 2 is 1.78 bits per heavy atom. The van der Waals surface area contributed by atoms with Crippen molar-refractivity contribution in [2.75, 3.05) is 13.2 Å². The molecular formula is C26H28N2O3S. The fourth-order valence-electron chi connectivity index (χ4n) is 3.86. The van der Waals surface area contributed by atoms with Crippen molar-refractivity contribution in [1.82, 2.24) is 9.47 Å². The maximum absolute atomic E-state index is 12.7. The van der Waals surface area contributed by atoms with Gasteiger partial charge in [0.2, 0.25) is 0 Å². The zero-order chi connectivity index (χ0) is 22.5. The van der Waals surface area contributed by atoms with Crippen LogP contribution < -0.4 is 4.74 Å². The molecule has 1 aliphatic rings. The number of aromatic nitrogens is 1. The Balaban J connectivity index is 1.49. The number of para-hydroxylation sites is 2.